The predicted octanol–water partition coefficient (Wildman–Crippen LogP) is 1.41. The molecule has 2 nitrogen and oxygen atoms in total. The third-order valence-electron chi connectivity index (χ3n) is 3.63. The van der Waals surface area contributed by atoms with E-state index in [-0.39, 0.29) is 0 Å². The molecule has 0 spiro atoms. The summed E-state index contributed by atoms with van der Waals surface area (Å²) in [5.41, 5.74) is 0.339. The molecular formula is C10H20O2. The van der Waals surface area contributed by atoms with Crippen LogP contribution in [0.2, 0.25) is 0 Å². The molecule has 0 heterocycles. The van der Waals surface area contributed by atoms with Gasteiger partial charge in [0.25, 0.3) is 0 Å². The maximum absolute atomic E-state index is 8.80. The van der Waals surface area contributed by atoms with Gasteiger partial charge < -0.3 is 10.2 Å². The highest BCUT2D eigenvalue weighted by molar-refractivity contribution is 4.95. The summed E-state index contributed by atoms with van der Waals surface area (Å²) in [5.74, 6) is 1.33. The summed E-state index contributed by atoms with van der Waals surface area (Å²) < 4.78 is 0. The average molecular weight is 172 g/mol. The predicted molar refractivity (Wildman–Crippen MR) is 48.8 cm³/mol. The van der Waals surface area contributed by atoms with E-state index in [1.54, 1.807) is 0 Å². The Morgan fingerprint density at radius 2 is 1.50 bits per heavy atom. The monoisotopic (exact) mass is 172 g/mol. The minimum Gasteiger partial charge on any atom is -0.396 e. The lowest BCUT2D eigenvalue weighted by molar-refractivity contribution is -0.0448. The van der Waals surface area contributed by atoms with Crippen LogP contribution in [0.5, 0.6) is 0 Å². The third-order valence-corrected chi connectivity index (χ3v) is 3.63. The van der Waals surface area contributed by atoms with Crippen LogP contribution in [0, 0.1) is 17.3 Å². The van der Waals surface area contributed by atoms with Crippen LogP contribution >= 0.6 is 0 Å². The Balaban J connectivity index is 2.36. The molecule has 0 amide bonds. The van der Waals surface area contributed by atoms with Crippen molar-refractivity contribution in [2.45, 2.75) is 33.1 Å². The molecule has 1 fully saturated rings. The fourth-order valence-electron chi connectivity index (χ4n) is 2.42. The van der Waals surface area contributed by atoms with Crippen LogP contribution < -0.4 is 0 Å². The number of hydrogen-bond donors (Lipinski definition) is 2. The van der Waals surface area contributed by atoms with Gasteiger partial charge in [0.2, 0.25) is 0 Å². The van der Waals surface area contributed by atoms with Crippen molar-refractivity contribution in [2.75, 3.05) is 13.2 Å². The maximum Gasteiger partial charge on any atom is 0.0433 e. The zero-order valence-electron chi connectivity index (χ0n) is 8.08. The SMILES string of the molecule is CC1(C)C(CCO)CC1CCO. The van der Waals surface area contributed by atoms with Gasteiger partial charge in [0.1, 0.15) is 0 Å². The minimum atomic E-state index is 0.305. The van der Waals surface area contributed by atoms with Crippen molar-refractivity contribution in [1.82, 2.24) is 0 Å². The van der Waals surface area contributed by atoms with Crippen LogP contribution in [0.4, 0.5) is 0 Å². The van der Waals surface area contributed by atoms with E-state index in [4.69, 9.17) is 10.2 Å². The molecule has 1 rings (SSSR count). The van der Waals surface area contributed by atoms with Gasteiger partial charge in [-0.3, -0.25) is 0 Å². The lowest BCUT2D eigenvalue weighted by Crippen LogP contribution is -2.45. The third kappa shape index (κ3) is 1.64. The molecule has 0 radical (unpaired) electrons. The number of aliphatic hydroxyl groups excluding tert-OH is 2. The summed E-state index contributed by atoms with van der Waals surface area (Å²) in [6.07, 6.45) is 3.04. The van der Waals surface area contributed by atoms with E-state index < -0.39 is 0 Å². The normalized spacial score (nSPS) is 33.0. The summed E-state index contributed by atoms with van der Waals surface area (Å²) in [7, 11) is 0. The Hall–Kier alpha value is -0.0800. The van der Waals surface area contributed by atoms with Gasteiger partial charge in [-0.25, -0.2) is 0 Å². The van der Waals surface area contributed by atoms with Crippen molar-refractivity contribution in [3.05, 3.63) is 0 Å². The second kappa shape index (κ2) is 3.75. The molecule has 0 aromatic rings. The molecule has 0 aliphatic heterocycles. The molecule has 72 valence electrons. The second-order valence-corrected chi connectivity index (χ2v) is 4.48. The molecule has 2 unspecified atom stereocenters. The summed E-state index contributed by atoms with van der Waals surface area (Å²) in [6, 6.07) is 0. The maximum atomic E-state index is 8.80. The van der Waals surface area contributed by atoms with Crippen molar-refractivity contribution in [1.29, 1.82) is 0 Å². The zero-order valence-corrected chi connectivity index (χ0v) is 8.08. The minimum absolute atomic E-state index is 0.305. The molecule has 2 atom stereocenters. The molecule has 2 heteroatoms. The van der Waals surface area contributed by atoms with Crippen molar-refractivity contribution in [2.24, 2.45) is 17.3 Å². The van der Waals surface area contributed by atoms with E-state index in [0.717, 1.165) is 12.8 Å². The number of rotatable bonds is 4. The van der Waals surface area contributed by atoms with Gasteiger partial charge in [-0.05, 0) is 36.5 Å². The lowest BCUT2D eigenvalue weighted by atomic mass is 9.53. The second-order valence-electron chi connectivity index (χ2n) is 4.48. The molecule has 2 N–H and O–H groups in total. The summed E-state index contributed by atoms with van der Waals surface area (Å²) in [6.45, 7) is 5.11. The highest BCUT2D eigenvalue weighted by Gasteiger charge is 2.46. The van der Waals surface area contributed by atoms with Crippen LogP contribution in [-0.2, 0) is 0 Å². The van der Waals surface area contributed by atoms with Gasteiger partial charge in [-0.15, -0.1) is 0 Å². The first-order valence-electron chi connectivity index (χ1n) is 4.84. The molecule has 0 saturated heterocycles. The van der Waals surface area contributed by atoms with E-state index in [1.807, 2.05) is 0 Å². The summed E-state index contributed by atoms with van der Waals surface area (Å²) >= 11 is 0. The first-order chi connectivity index (χ1) is 5.62. The molecule has 1 aliphatic carbocycles. The summed E-state index contributed by atoms with van der Waals surface area (Å²) in [4.78, 5) is 0. The molecule has 12 heavy (non-hydrogen) atoms. The first-order valence-corrected chi connectivity index (χ1v) is 4.84. The average Bonchev–Trinajstić information content (AvgIpc) is 2.03. The molecule has 0 aromatic carbocycles. The Morgan fingerprint density at radius 1 is 1.08 bits per heavy atom. The van der Waals surface area contributed by atoms with E-state index >= 15 is 0 Å². The van der Waals surface area contributed by atoms with Crippen molar-refractivity contribution in [3.8, 4) is 0 Å². The largest absolute Gasteiger partial charge is 0.396 e. The van der Waals surface area contributed by atoms with E-state index in [9.17, 15) is 0 Å². The Kier molecular flexibility index (Phi) is 3.13. The van der Waals surface area contributed by atoms with Crippen LogP contribution in [0.3, 0.4) is 0 Å². The van der Waals surface area contributed by atoms with Gasteiger partial charge in [-0.1, -0.05) is 13.8 Å². The van der Waals surface area contributed by atoms with Crippen molar-refractivity contribution >= 4 is 0 Å². The standard InChI is InChI=1S/C10H20O2/c1-10(2)8(3-5-11)7-9(10)4-6-12/h8-9,11-12H,3-7H2,1-2H3. The van der Waals surface area contributed by atoms with Gasteiger partial charge in [-0.2, -0.15) is 0 Å². The summed E-state index contributed by atoms with van der Waals surface area (Å²) in [5, 5.41) is 17.6. The molecule has 1 aliphatic rings. The van der Waals surface area contributed by atoms with Gasteiger partial charge >= 0.3 is 0 Å². The molecule has 0 bridgehead atoms. The molecular weight excluding hydrogens is 152 g/mol. The lowest BCUT2D eigenvalue weighted by Gasteiger charge is -2.52. The Labute approximate surface area is 74.6 Å². The highest BCUT2D eigenvalue weighted by atomic mass is 16.3. The quantitative estimate of drug-likeness (QED) is 0.673. The fourth-order valence-corrected chi connectivity index (χ4v) is 2.42. The van der Waals surface area contributed by atoms with E-state index in [2.05, 4.69) is 13.8 Å². The zero-order chi connectivity index (χ0) is 9.19. The topological polar surface area (TPSA) is 40.5 Å². The van der Waals surface area contributed by atoms with Gasteiger partial charge in [0.05, 0.1) is 0 Å². The van der Waals surface area contributed by atoms with Crippen LogP contribution in [-0.4, -0.2) is 23.4 Å². The fraction of sp³-hybridized carbons (Fsp3) is 1.00. The van der Waals surface area contributed by atoms with Crippen molar-refractivity contribution < 1.29 is 10.2 Å². The van der Waals surface area contributed by atoms with Crippen LogP contribution in [0.1, 0.15) is 33.1 Å². The van der Waals surface area contributed by atoms with Crippen LogP contribution in [0.15, 0.2) is 0 Å². The van der Waals surface area contributed by atoms with E-state index in [0.29, 0.717) is 30.5 Å². The Morgan fingerprint density at radius 3 is 1.75 bits per heavy atom. The number of aliphatic hydroxyl groups is 2. The molecule has 0 aromatic heterocycles. The Bertz CT molecular complexity index is 129. The smallest absolute Gasteiger partial charge is 0.0433 e. The van der Waals surface area contributed by atoms with Gasteiger partial charge in [0.15, 0.2) is 0 Å². The number of hydrogen-bond acceptors (Lipinski definition) is 2. The highest BCUT2D eigenvalue weighted by Crippen LogP contribution is 2.53. The van der Waals surface area contributed by atoms with Gasteiger partial charge in [0, 0.05) is 13.2 Å². The molecule has 1 saturated carbocycles. The van der Waals surface area contributed by atoms with E-state index in [1.165, 1.54) is 6.42 Å². The van der Waals surface area contributed by atoms with Crippen molar-refractivity contribution in [3.63, 3.8) is 0 Å². The van der Waals surface area contributed by atoms with Crippen LogP contribution in [0.25, 0.3) is 0 Å². The first kappa shape index (κ1) is 10.0.